The summed E-state index contributed by atoms with van der Waals surface area (Å²) >= 11 is 1.22. The van der Waals surface area contributed by atoms with E-state index in [1.165, 1.54) is 11.8 Å². The van der Waals surface area contributed by atoms with E-state index >= 15 is 0 Å². The number of hydrogen-bond acceptors (Lipinski definition) is 5. The van der Waals surface area contributed by atoms with Crippen molar-refractivity contribution in [2.45, 2.75) is 37.9 Å². The summed E-state index contributed by atoms with van der Waals surface area (Å²) in [6, 6.07) is 7.37. The van der Waals surface area contributed by atoms with Gasteiger partial charge in [0.1, 0.15) is 0 Å². The minimum Gasteiger partial charge on any atom is -0.369 e. The third kappa shape index (κ3) is 3.01. The Morgan fingerprint density at radius 3 is 2.79 bits per heavy atom. The van der Waals surface area contributed by atoms with Crippen molar-refractivity contribution in [3.63, 3.8) is 0 Å². The lowest BCUT2D eigenvalue weighted by molar-refractivity contribution is -0.115. The Morgan fingerprint density at radius 1 is 1.25 bits per heavy atom. The van der Waals surface area contributed by atoms with Crippen LogP contribution >= 0.6 is 11.8 Å². The molecular weight excluding hydrogens is 326 g/mol. The van der Waals surface area contributed by atoms with Crippen LogP contribution in [0.15, 0.2) is 34.2 Å². The lowest BCUT2D eigenvalue weighted by Gasteiger charge is -2.10. The van der Waals surface area contributed by atoms with Gasteiger partial charge in [0.25, 0.3) is 5.56 Å². The number of hydrogen-bond donors (Lipinski definition) is 1. The highest BCUT2D eigenvalue weighted by Gasteiger charge is 2.16. The van der Waals surface area contributed by atoms with Crippen LogP contribution in [0.4, 0.5) is 0 Å². The number of nitrogens with zero attached hydrogens (tertiary/aromatic N) is 4. The fraction of sp³-hybridized carbons (Fsp3) is 0.375. The summed E-state index contributed by atoms with van der Waals surface area (Å²) in [5, 5.41) is 9.52. The van der Waals surface area contributed by atoms with Gasteiger partial charge in [-0.25, -0.2) is 0 Å². The number of nitrogens with two attached hydrogens (primary N) is 1. The van der Waals surface area contributed by atoms with E-state index in [4.69, 9.17) is 5.73 Å². The van der Waals surface area contributed by atoms with E-state index in [1.807, 2.05) is 22.6 Å². The zero-order valence-corrected chi connectivity index (χ0v) is 14.3. The molecule has 2 heterocycles. The number of aryl methyl sites for hydroxylation is 1. The molecule has 0 aliphatic heterocycles. The summed E-state index contributed by atoms with van der Waals surface area (Å²) < 4.78 is 3.50. The Hall–Kier alpha value is -2.35. The molecule has 126 valence electrons. The monoisotopic (exact) mass is 345 g/mol. The minimum atomic E-state index is -0.419. The van der Waals surface area contributed by atoms with Crippen LogP contribution in [0.2, 0.25) is 0 Å². The molecule has 3 aromatic rings. The first kappa shape index (κ1) is 16.5. The number of aromatic nitrogens is 4. The Kier molecular flexibility index (Phi) is 4.84. The number of carbonyl (C=O) groups excluding carboxylic acids is 1. The van der Waals surface area contributed by atoms with Crippen molar-refractivity contribution >= 4 is 34.3 Å². The second-order valence-electron chi connectivity index (χ2n) is 5.55. The number of para-hydroxylation sites is 1. The van der Waals surface area contributed by atoms with E-state index in [-0.39, 0.29) is 11.3 Å². The third-order valence-corrected chi connectivity index (χ3v) is 4.76. The maximum absolute atomic E-state index is 12.8. The molecule has 0 saturated heterocycles. The molecule has 7 nitrogen and oxygen atoms in total. The lowest BCUT2D eigenvalue weighted by atomic mass is 10.2. The van der Waals surface area contributed by atoms with Crippen LogP contribution in [0.25, 0.3) is 16.7 Å². The van der Waals surface area contributed by atoms with Crippen LogP contribution < -0.4 is 11.3 Å². The molecule has 0 aliphatic rings. The van der Waals surface area contributed by atoms with Crippen molar-refractivity contribution in [3.05, 3.63) is 34.6 Å². The molecule has 3 rings (SSSR count). The van der Waals surface area contributed by atoms with Gasteiger partial charge in [0, 0.05) is 6.54 Å². The van der Waals surface area contributed by atoms with Gasteiger partial charge in [0.05, 0.1) is 16.7 Å². The molecule has 0 saturated carbocycles. The molecule has 1 amide bonds. The molecule has 0 radical (unpaired) electrons. The Morgan fingerprint density at radius 2 is 2.04 bits per heavy atom. The highest BCUT2D eigenvalue weighted by Crippen LogP contribution is 2.21. The van der Waals surface area contributed by atoms with Crippen LogP contribution in [0, 0.1) is 0 Å². The van der Waals surface area contributed by atoms with E-state index in [9.17, 15) is 9.59 Å². The Bertz CT molecular complexity index is 947. The summed E-state index contributed by atoms with van der Waals surface area (Å²) in [6.45, 7) is 2.72. The van der Waals surface area contributed by atoms with Gasteiger partial charge in [0.2, 0.25) is 11.7 Å². The predicted molar refractivity (Wildman–Crippen MR) is 94.2 cm³/mol. The standard InChI is InChI=1S/C16H19N5O2S/c1-2-3-6-9-20-14(23)11-7-4-5-8-12(11)21-15(20)18-19-16(21)24-10-13(17)22/h4-5,7-8H,2-3,6,9-10H2,1H3,(H2,17,22). The lowest BCUT2D eigenvalue weighted by Crippen LogP contribution is -2.23. The maximum Gasteiger partial charge on any atom is 0.262 e. The van der Waals surface area contributed by atoms with Gasteiger partial charge in [-0.05, 0) is 18.6 Å². The van der Waals surface area contributed by atoms with Gasteiger partial charge in [-0.2, -0.15) is 0 Å². The van der Waals surface area contributed by atoms with E-state index in [2.05, 4.69) is 17.1 Å². The van der Waals surface area contributed by atoms with Crippen molar-refractivity contribution in [2.75, 3.05) is 5.75 Å². The molecule has 0 aliphatic carbocycles. The van der Waals surface area contributed by atoms with Crippen LogP contribution in [-0.4, -0.2) is 30.8 Å². The van der Waals surface area contributed by atoms with Crippen molar-refractivity contribution in [1.29, 1.82) is 0 Å². The molecule has 0 spiro atoms. The number of fused-ring (bicyclic) bond motifs is 3. The molecule has 0 unspecified atom stereocenters. The molecule has 0 bridgehead atoms. The van der Waals surface area contributed by atoms with Crippen molar-refractivity contribution in [2.24, 2.45) is 5.73 Å². The summed E-state index contributed by atoms with van der Waals surface area (Å²) in [4.78, 5) is 23.9. The number of thioether (sulfide) groups is 1. The third-order valence-electron chi connectivity index (χ3n) is 3.81. The predicted octanol–water partition coefficient (Wildman–Crippen LogP) is 1.81. The number of carbonyl (C=O) groups is 1. The zero-order valence-electron chi connectivity index (χ0n) is 13.4. The highest BCUT2D eigenvalue weighted by atomic mass is 32.2. The summed E-state index contributed by atoms with van der Waals surface area (Å²) in [6.07, 6.45) is 3.02. The van der Waals surface area contributed by atoms with Crippen LogP contribution in [0.3, 0.4) is 0 Å². The highest BCUT2D eigenvalue weighted by molar-refractivity contribution is 7.99. The average molecular weight is 345 g/mol. The first-order chi connectivity index (χ1) is 11.6. The number of amides is 1. The van der Waals surface area contributed by atoms with Crippen molar-refractivity contribution in [1.82, 2.24) is 19.2 Å². The second kappa shape index (κ2) is 7.04. The van der Waals surface area contributed by atoms with E-state index in [1.54, 1.807) is 10.6 Å². The quantitative estimate of drug-likeness (QED) is 0.520. The maximum atomic E-state index is 12.8. The van der Waals surface area contributed by atoms with Gasteiger partial charge < -0.3 is 5.73 Å². The number of unbranched alkanes of at least 4 members (excludes halogenated alkanes) is 2. The summed E-state index contributed by atoms with van der Waals surface area (Å²) in [7, 11) is 0. The number of primary amides is 1. The van der Waals surface area contributed by atoms with Gasteiger partial charge >= 0.3 is 0 Å². The Balaban J connectivity index is 2.20. The molecule has 24 heavy (non-hydrogen) atoms. The average Bonchev–Trinajstić information content (AvgIpc) is 3.00. The van der Waals surface area contributed by atoms with E-state index < -0.39 is 5.91 Å². The van der Waals surface area contributed by atoms with Gasteiger partial charge in [0.15, 0.2) is 5.16 Å². The van der Waals surface area contributed by atoms with E-state index in [0.29, 0.717) is 22.9 Å². The SMILES string of the molecule is CCCCCn1c(=O)c2ccccc2n2c(SCC(N)=O)nnc12. The molecule has 8 heteroatoms. The van der Waals surface area contributed by atoms with Gasteiger partial charge in [-0.3, -0.25) is 18.6 Å². The summed E-state index contributed by atoms with van der Waals surface area (Å²) in [5.41, 5.74) is 5.90. The molecule has 1 aromatic carbocycles. The first-order valence-corrected chi connectivity index (χ1v) is 8.89. The van der Waals surface area contributed by atoms with Crippen LogP contribution in [0.1, 0.15) is 26.2 Å². The van der Waals surface area contributed by atoms with Gasteiger partial charge in [-0.15, -0.1) is 10.2 Å². The zero-order chi connectivity index (χ0) is 17.1. The fourth-order valence-corrected chi connectivity index (χ4v) is 3.36. The topological polar surface area (TPSA) is 95.3 Å². The first-order valence-electron chi connectivity index (χ1n) is 7.91. The van der Waals surface area contributed by atoms with Gasteiger partial charge in [-0.1, -0.05) is 43.7 Å². The Labute approximate surface area is 142 Å². The summed E-state index contributed by atoms with van der Waals surface area (Å²) in [5.74, 6) is 0.198. The van der Waals surface area contributed by atoms with Crippen molar-refractivity contribution < 1.29 is 4.79 Å². The largest absolute Gasteiger partial charge is 0.369 e. The minimum absolute atomic E-state index is 0.0620. The smallest absolute Gasteiger partial charge is 0.262 e. The molecule has 2 aromatic heterocycles. The molecule has 0 fully saturated rings. The van der Waals surface area contributed by atoms with Crippen LogP contribution in [0.5, 0.6) is 0 Å². The van der Waals surface area contributed by atoms with Crippen molar-refractivity contribution in [3.8, 4) is 0 Å². The van der Waals surface area contributed by atoms with E-state index in [0.717, 1.165) is 24.8 Å². The number of benzene rings is 1. The fourth-order valence-electron chi connectivity index (χ4n) is 2.68. The molecule has 2 N–H and O–H groups in total. The molecular formula is C16H19N5O2S. The van der Waals surface area contributed by atoms with Crippen LogP contribution in [-0.2, 0) is 11.3 Å². The molecule has 0 atom stereocenters. The number of rotatable bonds is 7. The second-order valence-corrected chi connectivity index (χ2v) is 6.50. The normalized spacial score (nSPS) is 11.4.